The quantitative estimate of drug-likeness (QED) is 0.470. The van der Waals surface area contributed by atoms with Crippen molar-refractivity contribution in [2.45, 2.75) is 12.0 Å². The van der Waals surface area contributed by atoms with Crippen LogP contribution in [0.5, 0.6) is 0 Å². The summed E-state index contributed by atoms with van der Waals surface area (Å²) < 4.78 is 19.5. The van der Waals surface area contributed by atoms with Crippen LogP contribution in [0.3, 0.4) is 0 Å². The Kier molecular flexibility index (Phi) is 3.56. The van der Waals surface area contributed by atoms with Crippen LogP contribution in [0.15, 0.2) is 78.9 Å². The number of carbonyl (C=O) groups is 2. The van der Waals surface area contributed by atoms with Crippen molar-refractivity contribution in [3.8, 4) is 0 Å². The van der Waals surface area contributed by atoms with Crippen molar-refractivity contribution in [3.05, 3.63) is 113 Å². The number of ketones is 1. The van der Waals surface area contributed by atoms with Gasteiger partial charge in [0.25, 0.3) is 5.78 Å². The smallest absolute Gasteiger partial charge is 0.381 e. The Morgan fingerprint density at radius 2 is 1.50 bits per heavy atom. The number of Topliss-reactive ketones (excluding diaryl/α,β-unsaturated/α-hetero) is 1. The second-order valence-electron chi connectivity index (χ2n) is 6.93. The summed E-state index contributed by atoms with van der Waals surface area (Å²) in [6.45, 7) is 0. The van der Waals surface area contributed by atoms with E-state index in [1.807, 2.05) is 42.5 Å². The Morgan fingerprint density at radius 3 is 2.29 bits per heavy atom. The minimum atomic E-state index is -1.24. The fourth-order valence-electron chi connectivity index (χ4n) is 4.23. The van der Waals surface area contributed by atoms with Gasteiger partial charge in [0.1, 0.15) is 5.82 Å². The molecule has 2 aliphatic rings. The van der Waals surface area contributed by atoms with E-state index in [4.69, 9.17) is 4.74 Å². The molecule has 0 bridgehead atoms. The van der Waals surface area contributed by atoms with E-state index < -0.39 is 17.4 Å². The number of fused-ring (bicyclic) bond motifs is 4. The van der Waals surface area contributed by atoms with Gasteiger partial charge in [-0.15, -0.1) is 0 Å². The second-order valence-corrected chi connectivity index (χ2v) is 6.93. The van der Waals surface area contributed by atoms with Gasteiger partial charge in [-0.05, 0) is 29.7 Å². The molecule has 0 N–H and O–H groups in total. The second kappa shape index (κ2) is 5.99. The van der Waals surface area contributed by atoms with Gasteiger partial charge in [0, 0.05) is 22.3 Å². The molecule has 1 aliphatic carbocycles. The summed E-state index contributed by atoms with van der Waals surface area (Å²) in [5, 5.41) is 0. The van der Waals surface area contributed by atoms with E-state index in [1.165, 1.54) is 12.1 Å². The molecule has 1 aliphatic heterocycles. The molecule has 4 heteroatoms. The van der Waals surface area contributed by atoms with Crippen molar-refractivity contribution in [2.75, 3.05) is 0 Å². The fourth-order valence-corrected chi connectivity index (χ4v) is 4.23. The van der Waals surface area contributed by atoms with E-state index in [0.717, 1.165) is 22.3 Å². The van der Waals surface area contributed by atoms with Gasteiger partial charge in [-0.3, -0.25) is 4.79 Å². The largest absolute Gasteiger partial charge is 0.438 e. The lowest BCUT2D eigenvalue weighted by Gasteiger charge is -2.43. The SMILES string of the molecule is O=C1OC2(C(c3ccc(F)cc3)=CCc3ccccc32)c2ccccc2C1=O. The highest BCUT2D eigenvalue weighted by Gasteiger charge is 2.51. The van der Waals surface area contributed by atoms with Gasteiger partial charge in [-0.1, -0.05) is 66.7 Å². The van der Waals surface area contributed by atoms with Crippen molar-refractivity contribution < 1.29 is 18.7 Å². The molecule has 3 aromatic rings. The predicted molar refractivity (Wildman–Crippen MR) is 102 cm³/mol. The first-order chi connectivity index (χ1) is 13.6. The molecule has 5 rings (SSSR count). The molecule has 0 aromatic heterocycles. The maximum absolute atomic E-state index is 13.5. The zero-order valence-electron chi connectivity index (χ0n) is 14.8. The van der Waals surface area contributed by atoms with Gasteiger partial charge >= 0.3 is 5.97 Å². The Labute approximate surface area is 161 Å². The lowest BCUT2D eigenvalue weighted by molar-refractivity contribution is -0.147. The fraction of sp³-hybridized carbons (Fsp3) is 0.0833. The van der Waals surface area contributed by atoms with E-state index in [-0.39, 0.29) is 5.82 Å². The van der Waals surface area contributed by atoms with Gasteiger partial charge in [-0.2, -0.15) is 0 Å². The third-order valence-electron chi connectivity index (χ3n) is 5.44. The Bertz CT molecular complexity index is 1160. The molecule has 0 amide bonds. The number of carbonyl (C=O) groups excluding carboxylic acids is 2. The Hall–Kier alpha value is -3.53. The number of esters is 1. The number of hydrogen-bond acceptors (Lipinski definition) is 3. The minimum absolute atomic E-state index is 0.337. The molecule has 1 spiro atoms. The summed E-state index contributed by atoms with van der Waals surface area (Å²) in [5.41, 5.74) is 3.04. The first kappa shape index (κ1) is 16.6. The molecule has 28 heavy (non-hydrogen) atoms. The molecule has 0 fully saturated rings. The monoisotopic (exact) mass is 370 g/mol. The van der Waals surface area contributed by atoms with Crippen molar-refractivity contribution in [1.82, 2.24) is 0 Å². The summed E-state index contributed by atoms with van der Waals surface area (Å²) >= 11 is 0. The third-order valence-corrected chi connectivity index (χ3v) is 5.44. The van der Waals surface area contributed by atoms with Crippen LogP contribution in [0.25, 0.3) is 5.57 Å². The lowest BCUT2D eigenvalue weighted by atomic mass is 9.69. The number of rotatable bonds is 1. The van der Waals surface area contributed by atoms with Crippen LogP contribution in [-0.2, 0) is 21.6 Å². The topological polar surface area (TPSA) is 43.4 Å². The lowest BCUT2D eigenvalue weighted by Crippen LogP contribution is -2.45. The van der Waals surface area contributed by atoms with Crippen molar-refractivity contribution in [1.29, 1.82) is 0 Å². The first-order valence-electron chi connectivity index (χ1n) is 9.03. The molecule has 0 saturated carbocycles. The molecule has 0 radical (unpaired) electrons. The number of benzene rings is 3. The number of ether oxygens (including phenoxy) is 1. The van der Waals surface area contributed by atoms with Crippen LogP contribution in [0.2, 0.25) is 0 Å². The van der Waals surface area contributed by atoms with Crippen LogP contribution in [0.4, 0.5) is 4.39 Å². The summed E-state index contributed by atoms with van der Waals surface area (Å²) in [4.78, 5) is 25.1. The summed E-state index contributed by atoms with van der Waals surface area (Å²) in [5.74, 6) is -1.88. The summed E-state index contributed by atoms with van der Waals surface area (Å²) in [6, 6.07) is 20.9. The maximum atomic E-state index is 13.5. The predicted octanol–water partition coefficient (Wildman–Crippen LogP) is 4.45. The number of halogens is 1. The van der Waals surface area contributed by atoms with Gasteiger partial charge in [0.05, 0.1) is 0 Å². The zero-order chi connectivity index (χ0) is 19.3. The van der Waals surface area contributed by atoms with Crippen LogP contribution in [0.1, 0.15) is 32.6 Å². The highest BCUT2D eigenvalue weighted by atomic mass is 19.1. The molecule has 1 heterocycles. The Morgan fingerprint density at radius 1 is 0.821 bits per heavy atom. The van der Waals surface area contributed by atoms with Crippen LogP contribution >= 0.6 is 0 Å². The number of hydrogen-bond donors (Lipinski definition) is 0. The molecule has 3 nitrogen and oxygen atoms in total. The van der Waals surface area contributed by atoms with Gasteiger partial charge < -0.3 is 4.74 Å². The van der Waals surface area contributed by atoms with Crippen molar-refractivity contribution >= 4 is 17.3 Å². The standard InChI is InChI=1S/C24H15FO3/c25-17-12-9-16(10-13-17)20-14-11-15-5-1-3-7-19(15)24(20)21-8-4-2-6-18(21)22(26)23(27)28-24/h1-10,12-14H,11H2. The van der Waals surface area contributed by atoms with Gasteiger partial charge in [0.2, 0.25) is 0 Å². The van der Waals surface area contributed by atoms with E-state index in [9.17, 15) is 14.0 Å². The molecular formula is C24H15FO3. The van der Waals surface area contributed by atoms with Crippen LogP contribution < -0.4 is 0 Å². The van der Waals surface area contributed by atoms with E-state index >= 15 is 0 Å². The van der Waals surface area contributed by atoms with Crippen molar-refractivity contribution in [3.63, 3.8) is 0 Å². The first-order valence-corrected chi connectivity index (χ1v) is 9.03. The highest BCUT2D eigenvalue weighted by molar-refractivity contribution is 6.42. The minimum Gasteiger partial charge on any atom is -0.438 e. The Balaban J connectivity index is 1.87. The summed E-state index contributed by atoms with van der Waals surface area (Å²) in [6.07, 6.45) is 2.65. The summed E-state index contributed by atoms with van der Waals surface area (Å²) in [7, 11) is 0. The number of allylic oxidation sites excluding steroid dienone is 1. The molecule has 1 atom stereocenters. The molecule has 136 valence electrons. The highest BCUT2D eigenvalue weighted by Crippen LogP contribution is 2.51. The average molecular weight is 370 g/mol. The molecule has 3 aromatic carbocycles. The van der Waals surface area contributed by atoms with Gasteiger partial charge in [-0.25, -0.2) is 9.18 Å². The zero-order valence-corrected chi connectivity index (χ0v) is 14.8. The van der Waals surface area contributed by atoms with Crippen LogP contribution in [-0.4, -0.2) is 11.8 Å². The molecule has 1 unspecified atom stereocenters. The maximum Gasteiger partial charge on any atom is 0.381 e. The van der Waals surface area contributed by atoms with Crippen molar-refractivity contribution in [2.24, 2.45) is 0 Å². The normalized spacial score (nSPS) is 20.2. The van der Waals surface area contributed by atoms with E-state index in [2.05, 4.69) is 0 Å². The average Bonchev–Trinajstić information content (AvgIpc) is 2.73. The molecule has 0 saturated heterocycles. The molecular weight excluding hydrogens is 355 g/mol. The van der Waals surface area contributed by atoms with E-state index in [1.54, 1.807) is 24.3 Å². The van der Waals surface area contributed by atoms with Crippen LogP contribution in [0, 0.1) is 5.82 Å². The van der Waals surface area contributed by atoms with E-state index in [0.29, 0.717) is 17.5 Å². The van der Waals surface area contributed by atoms with Gasteiger partial charge in [0.15, 0.2) is 5.60 Å². The third kappa shape index (κ3) is 2.21.